The second kappa shape index (κ2) is 5.73. The molecule has 0 spiro atoms. The van der Waals surface area contributed by atoms with E-state index in [4.69, 9.17) is 0 Å². The van der Waals surface area contributed by atoms with Gasteiger partial charge in [0.2, 0.25) is 0 Å². The molecular formula is C21H24O2S. The molecule has 2 nitrogen and oxygen atoms in total. The third-order valence-electron chi connectivity index (χ3n) is 5.59. The van der Waals surface area contributed by atoms with Crippen LogP contribution >= 0.6 is 0 Å². The van der Waals surface area contributed by atoms with Crippen LogP contribution in [0.15, 0.2) is 41.0 Å². The van der Waals surface area contributed by atoms with Crippen molar-refractivity contribution in [1.82, 2.24) is 0 Å². The molecular weight excluding hydrogens is 316 g/mol. The van der Waals surface area contributed by atoms with Gasteiger partial charge in [-0.15, -0.1) is 0 Å². The van der Waals surface area contributed by atoms with E-state index in [1.165, 1.54) is 41.5 Å². The Hall–Kier alpha value is -1.61. The van der Waals surface area contributed by atoms with Crippen LogP contribution in [0.2, 0.25) is 0 Å². The van der Waals surface area contributed by atoms with Crippen molar-refractivity contribution in [3.8, 4) is 0 Å². The Labute approximate surface area is 144 Å². The average molecular weight is 340 g/mol. The molecule has 0 heterocycles. The lowest BCUT2D eigenvalue weighted by atomic mass is 9.72. The zero-order valence-electron chi connectivity index (χ0n) is 14.4. The monoisotopic (exact) mass is 340 g/mol. The Morgan fingerprint density at radius 3 is 2.67 bits per heavy atom. The van der Waals surface area contributed by atoms with E-state index in [-0.39, 0.29) is 5.75 Å². The summed E-state index contributed by atoms with van der Waals surface area (Å²) in [5.41, 5.74) is 7.08. The molecule has 3 aliphatic carbocycles. The molecule has 0 aliphatic heterocycles. The molecule has 1 unspecified atom stereocenters. The Balaban J connectivity index is 1.83. The first-order valence-corrected chi connectivity index (χ1v) is 10.9. The second-order valence-corrected chi connectivity index (χ2v) is 9.63. The lowest BCUT2D eigenvalue weighted by Crippen LogP contribution is -2.32. The van der Waals surface area contributed by atoms with Crippen molar-refractivity contribution in [3.05, 3.63) is 57.0 Å². The maximum absolute atomic E-state index is 11.6. The number of hydrogen-bond acceptors (Lipinski definition) is 2. The topological polar surface area (TPSA) is 34.1 Å². The Morgan fingerprint density at radius 2 is 1.88 bits per heavy atom. The van der Waals surface area contributed by atoms with E-state index in [0.29, 0.717) is 5.92 Å². The van der Waals surface area contributed by atoms with Crippen molar-refractivity contribution in [1.29, 1.82) is 0 Å². The molecule has 24 heavy (non-hydrogen) atoms. The summed E-state index contributed by atoms with van der Waals surface area (Å²) >= 11 is 0. The molecule has 0 N–H and O–H groups in total. The average Bonchev–Trinajstić information content (AvgIpc) is 2.52. The highest BCUT2D eigenvalue weighted by molar-refractivity contribution is 7.89. The molecule has 1 aromatic rings. The molecule has 126 valence electrons. The highest BCUT2D eigenvalue weighted by Crippen LogP contribution is 2.43. The summed E-state index contributed by atoms with van der Waals surface area (Å²) in [7, 11) is -2.99. The molecule has 0 saturated heterocycles. The van der Waals surface area contributed by atoms with Crippen molar-refractivity contribution in [2.24, 2.45) is 5.92 Å². The normalized spacial score (nSPS) is 23.0. The van der Waals surface area contributed by atoms with Gasteiger partial charge in [0.25, 0.3) is 0 Å². The van der Waals surface area contributed by atoms with Crippen LogP contribution < -0.4 is 10.4 Å². The summed E-state index contributed by atoms with van der Waals surface area (Å²) < 4.78 is 23.1. The second-order valence-electron chi connectivity index (χ2n) is 7.49. The minimum Gasteiger partial charge on any atom is -0.229 e. The van der Waals surface area contributed by atoms with E-state index in [9.17, 15) is 8.42 Å². The zero-order chi connectivity index (χ0) is 16.9. The van der Waals surface area contributed by atoms with Crippen molar-refractivity contribution in [3.63, 3.8) is 0 Å². The molecule has 0 amide bonds. The molecule has 1 saturated carbocycles. The summed E-state index contributed by atoms with van der Waals surface area (Å²) in [5, 5.41) is 2.51. The summed E-state index contributed by atoms with van der Waals surface area (Å²) in [4.78, 5) is 0. The third-order valence-corrected chi connectivity index (χ3v) is 6.45. The third kappa shape index (κ3) is 2.79. The number of sulfone groups is 1. The molecule has 4 rings (SSSR count). The van der Waals surface area contributed by atoms with Crippen LogP contribution in [-0.2, 0) is 15.6 Å². The predicted octanol–water partition coefficient (Wildman–Crippen LogP) is 3.01. The molecule has 1 aromatic carbocycles. The number of rotatable bonds is 2. The van der Waals surface area contributed by atoms with Gasteiger partial charge in [-0.1, -0.05) is 37.3 Å². The molecule has 3 heteroatoms. The van der Waals surface area contributed by atoms with Crippen LogP contribution in [-0.4, -0.2) is 14.7 Å². The van der Waals surface area contributed by atoms with Crippen LogP contribution in [0.4, 0.5) is 0 Å². The van der Waals surface area contributed by atoms with Crippen LogP contribution in [0, 0.1) is 5.92 Å². The smallest absolute Gasteiger partial charge is 0.151 e. The van der Waals surface area contributed by atoms with Gasteiger partial charge in [0.05, 0.1) is 5.75 Å². The maximum atomic E-state index is 11.6. The summed E-state index contributed by atoms with van der Waals surface area (Å²) in [6, 6.07) is 6.18. The molecule has 3 aliphatic rings. The van der Waals surface area contributed by atoms with Crippen molar-refractivity contribution < 1.29 is 8.42 Å². The van der Waals surface area contributed by atoms with Crippen molar-refractivity contribution in [2.45, 2.75) is 44.8 Å². The van der Waals surface area contributed by atoms with Crippen LogP contribution in [0.1, 0.15) is 44.6 Å². The lowest BCUT2D eigenvalue weighted by Gasteiger charge is -2.32. The van der Waals surface area contributed by atoms with E-state index in [0.717, 1.165) is 18.4 Å². The fourth-order valence-corrected chi connectivity index (χ4v) is 5.31. The van der Waals surface area contributed by atoms with Gasteiger partial charge >= 0.3 is 0 Å². The Kier molecular flexibility index (Phi) is 3.80. The Morgan fingerprint density at radius 1 is 1.08 bits per heavy atom. The predicted molar refractivity (Wildman–Crippen MR) is 99.5 cm³/mol. The van der Waals surface area contributed by atoms with E-state index in [1.54, 1.807) is 16.7 Å². The SMILES string of the molecule is CC1CCCC2=C3CC=c4cc(CS(C)(=O)=O)ccc4=C3CC=C21. The first-order chi connectivity index (χ1) is 11.4. The van der Waals surface area contributed by atoms with Crippen molar-refractivity contribution in [2.75, 3.05) is 6.26 Å². The zero-order valence-corrected chi connectivity index (χ0v) is 15.2. The minimum absolute atomic E-state index is 0.124. The number of hydrogen-bond donors (Lipinski definition) is 0. The van der Waals surface area contributed by atoms with Crippen LogP contribution in [0.5, 0.6) is 0 Å². The lowest BCUT2D eigenvalue weighted by molar-refractivity contribution is 0.533. The number of fused-ring (bicyclic) bond motifs is 3. The van der Waals surface area contributed by atoms with Gasteiger partial charge in [0.1, 0.15) is 0 Å². The summed E-state index contributed by atoms with van der Waals surface area (Å²) in [6.07, 6.45) is 11.9. The molecule has 0 radical (unpaired) electrons. The van der Waals surface area contributed by atoms with Gasteiger partial charge in [0, 0.05) is 6.26 Å². The quantitative estimate of drug-likeness (QED) is 0.829. The van der Waals surface area contributed by atoms with Crippen LogP contribution in [0.25, 0.3) is 11.6 Å². The first-order valence-electron chi connectivity index (χ1n) is 8.85. The number of allylic oxidation sites excluding steroid dienone is 4. The van der Waals surface area contributed by atoms with E-state index in [2.05, 4.69) is 31.2 Å². The van der Waals surface area contributed by atoms with Gasteiger partial charge in [0.15, 0.2) is 9.84 Å². The highest BCUT2D eigenvalue weighted by Gasteiger charge is 2.27. The standard InChI is InChI=1S/C21H24O2S/c1-14-4-3-5-19-17(14)10-11-20-18-8-6-15(13-24(2,22)23)12-16(18)7-9-21(19)20/h6-8,10,12,14H,3-5,9,11,13H2,1-2H3. The largest absolute Gasteiger partial charge is 0.229 e. The van der Waals surface area contributed by atoms with E-state index in [1.807, 2.05) is 6.07 Å². The molecule has 1 fully saturated rings. The van der Waals surface area contributed by atoms with E-state index >= 15 is 0 Å². The maximum Gasteiger partial charge on any atom is 0.151 e. The molecule has 0 aromatic heterocycles. The van der Waals surface area contributed by atoms with E-state index < -0.39 is 9.84 Å². The fraction of sp³-hybridized carbons (Fsp3) is 0.429. The molecule has 1 atom stereocenters. The highest BCUT2D eigenvalue weighted by atomic mass is 32.2. The van der Waals surface area contributed by atoms with Gasteiger partial charge in [-0.2, -0.15) is 0 Å². The van der Waals surface area contributed by atoms with Gasteiger partial charge in [-0.25, -0.2) is 8.42 Å². The number of benzene rings is 1. The first kappa shape index (κ1) is 15.9. The van der Waals surface area contributed by atoms with Gasteiger partial charge < -0.3 is 0 Å². The minimum atomic E-state index is -2.99. The van der Waals surface area contributed by atoms with Crippen LogP contribution in [0.3, 0.4) is 0 Å². The Bertz CT molecular complexity index is 991. The van der Waals surface area contributed by atoms with Gasteiger partial charge in [-0.3, -0.25) is 0 Å². The summed E-state index contributed by atoms with van der Waals surface area (Å²) in [5.74, 6) is 0.820. The summed E-state index contributed by atoms with van der Waals surface area (Å²) in [6.45, 7) is 2.36. The van der Waals surface area contributed by atoms with Gasteiger partial charge in [-0.05, 0) is 76.3 Å². The van der Waals surface area contributed by atoms with Crippen molar-refractivity contribution >= 4 is 21.5 Å². The molecule has 0 bridgehead atoms. The fourth-order valence-electron chi connectivity index (χ4n) is 4.53.